The molecule has 110 valence electrons. The maximum absolute atomic E-state index is 13.8. The van der Waals surface area contributed by atoms with Crippen LogP contribution in [0.4, 0.5) is 4.39 Å². The third kappa shape index (κ3) is 3.76. The molecule has 6 heteroatoms. The Hall–Kier alpha value is -1.10. The molecule has 0 aliphatic rings. The quantitative estimate of drug-likeness (QED) is 0.748. The van der Waals surface area contributed by atoms with Gasteiger partial charge in [0.1, 0.15) is 5.82 Å². The highest BCUT2D eigenvalue weighted by Gasteiger charge is 2.19. The summed E-state index contributed by atoms with van der Waals surface area (Å²) in [7, 11) is 0. The Morgan fingerprint density at radius 1 is 1.29 bits per heavy atom. The fraction of sp³-hybridized carbons (Fsp3) is 0.133. The third-order valence-corrected chi connectivity index (χ3v) is 4.19. The molecule has 2 nitrogen and oxygen atoms in total. The topological polar surface area (TPSA) is 29.1 Å². The molecule has 0 saturated heterocycles. The summed E-state index contributed by atoms with van der Waals surface area (Å²) in [5.74, 6) is -1.10. The Bertz CT molecular complexity index is 673. The number of carbonyl (C=O) groups excluding carboxylic acids is 1. The molecule has 1 amide bonds. The van der Waals surface area contributed by atoms with Gasteiger partial charge < -0.3 is 5.32 Å². The predicted molar refractivity (Wildman–Crippen MR) is 86.4 cm³/mol. The standard InChI is InChI=1S/C15H11BrCl2FNO/c1-8(10-6-5-9(17)7-12(10)18)20-15(21)14-11(16)3-2-4-13(14)19/h2-8H,1H3,(H,20,21). The summed E-state index contributed by atoms with van der Waals surface area (Å²) in [5.41, 5.74) is 0.677. The van der Waals surface area contributed by atoms with Crippen LogP contribution < -0.4 is 5.32 Å². The van der Waals surface area contributed by atoms with E-state index in [1.54, 1.807) is 31.2 Å². The van der Waals surface area contributed by atoms with Gasteiger partial charge >= 0.3 is 0 Å². The summed E-state index contributed by atoms with van der Waals surface area (Å²) < 4.78 is 14.1. The average Bonchev–Trinajstić information content (AvgIpc) is 2.37. The maximum atomic E-state index is 13.8. The van der Waals surface area contributed by atoms with E-state index in [0.717, 1.165) is 0 Å². The maximum Gasteiger partial charge on any atom is 0.255 e. The van der Waals surface area contributed by atoms with Gasteiger partial charge in [0.15, 0.2) is 0 Å². The van der Waals surface area contributed by atoms with Crippen molar-refractivity contribution in [3.05, 3.63) is 67.9 Å². The number of benzene rings is 2. The molecule has 0 heterocycles. The highest BCUT2D eigenvalue weighted by molar-refractivity contribution is 9.10. The lowest BCUT2D eigenvalue weighted by molar-refractivity contribution is 0.0935. The average molecular weight is 391 g/mol. The second-order valence-electron chi connectivity index (χ2n) is 4.46. The third-order valence-electron chi connectivity index (χ3n) is 2.97. The van der Waals surface area contributed by atoms with Crippen molar-refractivity contribution in [3.63, 3.8) is 0 Å². The fourth-order valence-corrected chi connectivity index (χ4v) is 3.01. The van der Waals surface area contributed by atoms with Crippen molar-refractivity contribution in [3.8, 4) is 0 Å². The summed E-state index contributed by atoms with van der Waals surface area (Å²) >= 11 is 15.1. The number of halogens is 4. The summed E-state index contributed by atoms with van der Waals surface area (Å²) in [6.45, 7) is 1.77. The summed E-state index contributed by atoms with van der Waals surface area (Å²) in [6, 6.07) is 9.00. The molecular formula is C15H11BrCl2FNO. The van der Waals surface area contributed by atoms with Crippen molar-refractivity contribution >= 4 is 45.0 Å². The van der Waals surface area contributed by atoms with E-state index < -0.39 is 11.7 Å². The smallest absolute Gasteiger partial charge is 0.255 e. The first-order chi connectivity index (χ1) is 9.90. The molecule has 0 radical (unpaired) electrons. The largest absolute Gasteiger partial charge is 0.345 e. The van der Waals surface area contributed by atoms with Gasteiger partial charge in [-0.2, -0.15) is 0 Å². The van der Waals surface area contributed by atoms with Gasteiger partial charge in [0.2, 0.25) is 0 Å². The Kier molecular flexibility index (Phi) is 5.25. The zero-order valence-corrected chi connectivity index (χ0v) is 14.1. The van der Waals surface area contributed by atoms with E-state index in [2.05, 4.69) is 21.2 Å². The van der Waals surface area contributed by atoms with Gasteiger partial charge in [-0.1, -0.05) is 35.3 Å². The number of hydrogen-bond acceptors (Lipinski definition) is 1. The van der Waals surface area contributed by atoms with E-state index in [1.807, 2.05) is 0 Å². The lowest BCUT2D eigenvalue weighted by Gasteiger charge is -2.16. The first-order valence-corrected chi connectivity index (χ1v) is 7.65. The summed E-state index contributed by atoms with van der Waals surface area (Å²) in [4.78, 5) is 12.2. The predicted octanol–water partition coefficient (Wildman–Crippen LogP) is 5.39. The van der Waals surface area contributed by atoms with Crippen molar-refractivity contribution in [1.82, 2.24) is 5.32 Å². The molecule has 1 atom stereocenters. The second-order valence-corrected chi connectivity index (χ2v) is 6.16. The SMILES string of the molecule is CC(NC(=O)c1c(F)cccc1Br)c1ccc(Cl)cc1Cl. The molecule has 0 aromatic heterocycles. The highest BCUT2D eigenvalue weighted by Crippen LogP contribution is 2.27. The number of carbonyl (C=O) groups is 1. The van der Waals surface area contributed by atoms with Crippen molar-refractivity contribution < 1.29 is 9.18 Å². The molecule has 2 aromatic rings. The van der Waals surface area contributed by atoms with E-state index >= 15 is 0 Å². The molecule has 2 rings (SSSR count). The van der Waals surface area contributed by atoms with Gasteiger partial charge in [-0.25, -0.2) is 4.39 Å². The van der Waals surface area contributed by atoms with Gasteiger partial charge in [0, 0.05) is 14.5 Å². The van der Waals surface area contributed by atoms with Crippen molar-refractivity contribution in [2.45, 2.75) is 13.0 Å². The van der Waals surface area contributed by atoms with Crippen LogP contribution >= 0.6 is 39.1 Å². The molecule has 0 saturated carbocycles. The number of hydrogen-bond donors (Lipinski definition) is 1. The monoisotopic (exact) mass is 389 g/mol. The van der Waals surface area contributed by atoms with E-state index in [1.165, 1.54) is 12.1 Å². The first kappa shape index (κ1) is 16.3. The second kappa shape index (κ2) is 6.77. The van der Waals surface area contributed by atoms with Crippen LogP contribution in [0.5, 0.6) is 0 Å². The molecule has 0 fully saturated rings. The highest BCUT2D eigenvalue weighted by atomic mass is 79.9. The van der Waals surface area contributed by atoms with E-state index in [0.29, 0.717) is 20.1 Å². The Morgan fingerprint density at radius 2 is 2.00 bits per heavy atom. The van der Waals surface area contributed by atoms with Crippen LogP contribution in [-0.2, 0) is 0 Å². The molecule has 2 aromatic carbocycles. The molecule has 0 aliphatic carbocycles. The Morgan fingerprint density at radius 3 is 2.62 bits per heavy atom. The van der Waals surface area contributed by atoms with Crippen LogP contribution in [0.1, 0.15) is 28.9 Å². The van der Waals surface area contributed by atoms with Crippen molar-refractivity contribution in [2.24, 2.45) is 0 Å². The molecule has 0 bridgehead atoms. The van der Waals surface area contributed by atoms with Crippen LogP contribution in [0.2, 0.25) is 10.0 Å². The molecule has 0 aliphatic heterocycles. The minimum absolute atomic E-state index is 0.0329. The minimum Gasteiger partial charge on any atom is -0.345 e. The Balaban J connectivity index is 2.23. The summed E-state index contributed by atoms with van der Waals surface area (Å²) in [5, 5.41) is 3.68. The lowest BCUT2D eigenvalue weighted by Crippen LogP contribution is -2.28. The number of amides is 1. The van der Waals surface area contributed by atoms with E-state index in [9.17, 15) is 9.18 Å². The van der Waals surface area contributed by atoms with Gasteiger partial charge in [-0.15, -0.1) is 0 Å². The first-order valence-electron chi connectivity index (χ1n) is 6.10. The van der Waals surface area contributed by atoms with Crippen LogP contribution in [0.15, 0.2) is 40.9 Å². The van der Waals surface area contributed by atoms with E-state index in [-0.39, 0.29) is 11.6 Å². The Labute approximate surface area is 140 Å². The molecule has 21 heavy (non-hydrogen) atoms. The molecule has 1 unspecified atom stereocenters. The van der Waals surface area contributed by atoms with Crippen molar-refractivity contribution in [2.75, 3.05) is 0 Å². The van der Waals surface area contributed by atoms with Gasteiger partial charge in [0.05, 0.1) is 11.6 Å². The minimum atomic E-state index is -0.587. The molecule has 0 spiro atoms. The van der Waals surface area contributed by atoms with Crippen LogP contribution in [-0.4, -0.2) is 5.91 Å². The normalized spacial score (nSPS) is 12.0. The molecular weight excluding hydrogens is 380 g/mol. The lowest BCUT2D eigenvalue weighted by atomic mass is 10.1. The van der Waals surface area contributed by atoms with Crippen LogP contribution in [0, 0.1) is 5.82 Å². The molecule has 1 N–H and O–H groups in total. The van der Waals surface area contributed by atoms with E-state index in [4.69, 9.17) is 23.2 Å². The summed E-state index contributed by atoms with van der Waals surface area (Å²) in [6.07, 6.45) is 0. The zero-order chi connectivity index (χ0) is 15.6. The zero-order valence-electron chi connectivity index (χ0n) is 11.0. The van der Waals surface area contributed by atoms with Gasteiger partial charge in [0.25, 0.3) is 5.91 Å². The number of nitrogens with one attached hydrogen (secondary N) is 1. The van der Waals surface area contributed by atoms with Crippen LogP contribution in [0.25, 0.3) is 0 Å². The van der Waals surface area contributed by atoms with Gasteiger partial charge in [-0.3, -0.25) is 4.79 Å². The van der Waals surface area contributed by atoms with Crippen molar-refractivity contribution in [1.29, 1.82) is 0 Å². The fourth-order valence-electron chi connectivity index (χ4n) is 1.91. The van der Waals surface area contributed by atoms with Gasteiger partial charge in [-0.05, 0) is 52.7 Å². The number of rotatable bonds is 3. The van der Waals surface area contributed by atoms with Crippen LogP contribution in [0.3, 0.4) is 0 Å².